The third-order valence-corrected chi connectivity index (χ3v) is 7.85. The zero-order valence-electron chi connectivity index (χ0n) is 21.3. The minimum Gasteiger partial charge on any atom is -0.444 e. The van der Waals surface area contributed by atoms with Crippen LogP contribution in [-0.2, 0) is 4.74 Å². The number of piperazine rings is 1. The molecular formula is C26H41N5O3. The van der Waals surface area contributed by atoms with E-state index in [1.54, 1.807) is 11.0 Å². The fraction of sp³-hybridized carbons (Fsp3) is 0.769. The molecule has 34 heavy (non-hydrogen) atoms. The largest absolute Gasteiger partial charge is 0.444 e. The van der Waals surface area contributed by atoms with E-state index >= 15 is 0 Å². The number of amides is 2. The molecule has 3 fully saturated rings. The first-order valence-electron chi connectivity index (χ1n) is 13.0. The SMILES string of the molecule is CCC1(CNC(=O)c2ccc(N3CCN(C(=O)OC(C)(C)C)CC3)nn2)CC2CCCC(C2)C1. The number of ether oxygens (including phenoxy) is 1. The lowest BCUT2D eigenvalue weighted by Gasteiger charge is -2.47. The summed E-state index contributed by atoms with van der Waals surface area (Å²) in [6.45, 7) is 11.1. The van der Waals surface area contributed by atoms with E-state index in [0.29, 0.717) is 31.9 Å². The van der Waals surface area contributed by atoms with Gasteiger partial charge in [-0.1, -0.05) is 26.2 Å². The average molecular weight is 472 g/mol. The van der Waals surface area contributed by atoms with Gasteiger partial charge in [0.05, 0.1) is 0 Å². The van der Waals surface area contributed by atoms with Gasteiger partial charge < -0.3 is 19.9 Å². The maximum absolute atomic E-state index is 12.8. The molecule has 1 N–H and O–H groups in total. The van der Waals surface area contributed by atoms with Gasteiger partial charge >= 0.3 is 6.09 Å². The van der Waals surface area contributed by atoms with Crippen molar-refractivity contribution >= 4 is 17.8 Å². The smallest absolute Gasteiger partial charge is 0.410 e. The summed E-state index contributed by atoms with van der Waals surface area (Å²) < 4.78 is 5.46. The molecule has 188 valence electrons. The number of hydrogen-bond donors (Lipinski definition) is 1. The molecule has 8 heteroatoms. The maximum Gasteiger partial charge on any atom is 0.410 e. The maximum atomic E-state index is 12.8. The van der Waals surface area contributed by atoms with E-state index in [4.69, 9.17) is 4.74 Å². The molecule has 0 aromatic carbocycles. The highest BCUT2D eigenvalue weighted by atomic mass is 16.6. The molecule has 2 saturated carbocycles. The fourth-order valence-corrected chi connectivity index (χ4v) is 6.06. The summed E-state index contributed by atoms with van der Waals surface area (Å²) in [5.41, 5.74) is 0.0894. The first kappa shape index (κ1) is 24.7. The second kappa shape index (κ2) is 10.1. The lowest BCUT2D eigenvalue weighted by Crippen LogP contribution is -2.50. The van der Waals surface area contributed by atoms with Crippen LogP contribution >= 0.6 is 0 Å². The standard InChI is InChI=1S/C26H41N5O3/c1-5-26(16-19-7-6-8-20(15-19)17-26)18-27-23(32)21-9-10-22(29-28-21)30-11-13-31(14-12-30)24(33)34-25(2,3)4/h9-10,19-20H,5-8,11-18H2,1-4H3,(H,27,32). The van der Waals surface area contributed by atoms with Gasteiger partial charge in [-0.2, -0.15) is 0 Å². The minimum absolute atomic E-state index is 0.141. The van der Waals surface area contributed by atoms with Gasteiger partial charge in [0.2, 0.25) is 0 Å². The molecule has 2 heterocycles. The van der Waals surface area contributed by atoms with Gasteiger partial charge in [-0.3, -0.25) is 4.79 Å². The first-order valence-corrected chi connectivity index (χ1v) is 13.0. The highest BCUT2D eigenvalue weighted by molar-refractivity contribution is 5.92. The highest BCUT2D eigenvalue weighted by Crippen LogP contribution is 2.50. The monoisotopic (exact) mass is 471 g/mol. The molecule has 0 radical (unpaired) electrons. The van der Waals surface area contributed by atoms with Crippen molar-refractivity contribution in [3.8, 4) is 0 Å². The van der Waals surface area contributed by atoms with Crippen molar-refractivity contribution in [3.63, 3.8) is 0 Å². The molecule has 2 unspecified atom stereocenters. The summed E-state index contributed by atoms with van der Waals surface area (Å²) in [7, 11) is 0. The number of anilines is 1. The van der Waals surface area contributed by atoms with Crippen LogP contribution in [-0.4, -0.2) is 65.4 Å². The topological polar surface area (TPSA) is 87.7 Å². The minimum atomic E-state index is -0.497. The van der Waals surface area contributed by atoms with Crippen molar-refractivity contribution in [1.82, 2.24) is 20.4 Å². The molecule has 3 aliphatic rings. The zero-order valence-corrected chi connectivity index (χ0v) is 21.3. The normalized spacial score (nSPS) is 27.3. The number of carbonyl (C=O) groups excluding carboxylic acids is 2. The van der Waals surface area contributed by atoms with E-state index in [9.17, 15) is 9.59 Å². The average Bonchev–Trinajstić information content (AvgIpc) is 2.81. The summed E-state index contributed by atoms with van der Waals surface area (Å²) in [5.74, 6) is 2.25. The molecule has 1 aliphatic heterocycles. The van der Waals surface area contributed by atoms with E-state index in [-0.39, 0.29) is 17.4 Å². The molecule has 8 nitrogen and oxygen atoms in total. The predicted octanol–water partition coefficient (Wildman–Crippen LogP) is 4.26. The summed E-state index contributed by atoms with van der Waals surface area (Å²) in [4.78, 5) is 28.9. The molecule has 1 aromatic heterocycles. The summed E-state index contributed by atoms with van der Waals surface area (Å²) in [5, 5.41) is 11.7. The lowest BCUT2D eigenvalue weighted by molar-refractivity contribution is 0.0240. The fourth-order valence-electron chi connectivity index (χ4n) is 6.06. The Hall–Kier alpha value is -2.38. The second-order valence-corrected chi connectivity index (χ2v) is 11.6. The molecule has 2 bridgehead atoms. The Morgan fingerprint density at radius 3 is 2.32 bits per heavy atom. The van der Waals surface area contributed by atoms with Crippen LogP contribution < -0.4 is 10.2 Å². The van der Waals surface area contributed by atoms with Crippen LogP contribution in [0.25, 0.3) is 0 Å². The van der Waals surface area contributed by atoms with Gasteiger partial charge in [0, 0.05) is 32.7 Å². The molecule has 2 atom stereocenters. The highest BCUT2D eigenvalue weighted by Gasteiger charge is 2.41. The van der Waals surface area contributed by atoms with E-state index in [2.05, 4.69) is 27.3 Å². The van der Waals surface area contributed by atoms with Gasteiger partial charge in [0.15, 0.2) is 11.5 Å². The van der Waals surface area contributed by atoms with Gasteiger partial charge in [-0.05, 0) is 75.8 Å². The number of carbonyl (C=O) groups is 2. The number of hydrogen-bond acceptors (Lipinski definition) is 6. The molecule has 0 spiro atoms. The molecule has 2 amide bonds. The van der Waals surface area contributed by atoms with Crippen LogP contribution in [0.15, 0.2) is 12.1 Å². The second-order valence-electron chi connectivity index (χ2n) is 11.6. The van der Waals surface area contributed by atoms with Gasteiger partial charge in [-0.25, -0.2) is 4.79 Å². The van der Waals surface area contributed by atoms with Crippen molar-refractivity contribution in [3.05, 3.63) is 17.8 Å². The van der Waals surface area contributed by atoms with Crippen LogP contribution in [0.1, 0.15) is 83.1 Å². The summed E-state index contributed by atoms with van der Waals surface area (Å²) in [6, 6.07) is 3.61. The predicted molar refractivity (Wildman–Crippen MR) is 132 cm³/mol. The molecule has 1 aromatic rings. The van der Waals surface area contributed by atoms with Crippen LogP contribution in [0.4, 0.5) is 10.6 Å². The van der Waals surface area contributed by atoms with Crippen molar-refractivity contribution < 1.29 is 14.3 Å². The molecular weight excluding hydrogens is 430 g/mol. The van der Waals surface area contributed by atoms with Crippen molar-refractivity contribution in [2.45, 2.75) is 78.2 Å². The Bertz CT molecular complexity index is 846. The Kier molecular flexibility index (Phi) is 7.33. The van der Waals surface area contributed by atoms with E-state index < -0.39 is 5.60 Å². The number of nitrogens with zero attached hydrogens (tertiary/aromatic N) is 4. The van der Waals surface area contributed by atoms with Crippen LogP contribution in [0, 0.1) is 17.3 Å². The third kappa shape index (κ3) is 5.99. The van der Waals surface area contributed by atoms with Crippen LogP contribution in [0.2, 0.25) is 0 Å². The van der Waals surface area contributed by atoms with Crippen molar-refractivity contribution in [2.75, 3.05) is 37.6 Å². The molecule has 4 rings (SSSR count). The van der Waals surface area contributed by atoms with E-state index in [1.165, 1.54) is 38.5 Å². The van der Waals surface area contributed by atoms with E-state index in [1.807, 2.05) is 26.8 Å². The Balaban J connectivity index is 1.28. The van der Waals surface area contributed by atoms with Crippen LogP contribution in [0.3, 0.4) is 0 Å². The summed E-state index contributed by atoms with van der Waals surface area (Å²) in [6.07, 6.45) is 8.77. The van der Waals surface area contributed by atoms with Gasteiger partial charge in [0.1, 0.15) is 5.60 Å². The molecule has 2 aliphatic carbocycles. The number of aromatic nitrogens is 2. The van der Waals surface area contributed by atoms with E-state index in [0.717, 1.165) is 30.6 Å². The third-order valence-electron chi connectivity index (χ3n) is 7.85. The van der Waals surface area contributed by atoms with Crippen LogP contribution in [0.5, 0.6) is 0 Å². The lowest BCUT2D eigenvalue weighted by atomic mass is 9.60. The zero-order chi connectivity index (χ0) is 24.3. The Morgan fingerprint density at radius 2 is 1.76 bits per heavy atom. The number of fused-ring (bicyclic) bond motifs is 2. The summed E-state index contributed by atoms with van der Waals surface area (Å²) >= 11 is 0. The number of rotatable bonds is 5. The Labute approximate surface area is 203 Å². The van der Waals surface area contributed by atoms with Gasteiger partial charge in [-0.15, -0.1) is 10.2 Å². The number of nitrogens with one attached hydrogen (secondary N) is 1. The first-order chi connectivity index (χ1) is 16.2. The van der Waals surface area contributed by atoms with Crippen molar-refractivity contribution in [1.29, 1.82) is 0 Å². The quantitative estimate of drug-likeness (QED) is 0.690. The molecule has 1 saturated heterocycles. The Morgan fingerprint density at radius 1 is 1.09 bits per heavy atom. The van der Waals surface area contributed by atoms with Gasteiger partial charge in [0.25, 0.3) is 5.91 Å². The van der Waals surface area contributed by atoms with Crippen molar-refractivity contribution in [2.24, 2.45) is 17.3 Å².